The van der Waals surface area contributed by atoms with E-state index in [-0.39, 0.29) is 0 Å². The minimum atomic E-state index is 0.804. The van der Waals surface area contributed by atoms with Gasteiger partial charge in [0.05, 0.1) is 11.9 Å². The first-order valence-corrected chi connectivity index (χ1v) is 7.25. The fourth-order valence-corrected chi connectivity index (χ4v) is 2.74. The van der Waals surface area contributed by atoms with Crippen molar-refractivity contribution in [3.05, 3.63) is 28.0 Å². The summed E-state index contributed by atoms with van der Waals surface area (Å²) in [6.45, 7) is 3.77. The summed E-state index contributed by atoms with van der Waals surface area (Å²) in [6.07, 6.45) is 4.95. The fourth-order valence-electron chi connectivity index (χ4n) is 1.90. The normalized spacial score (nSPS) is 10.9. The average Bonchev–Trinajstić information content (AvgIpc) is 2.97. The quantitative estimate of drug-likeness (QED) is 0.876. The van der Waals surface area contributed by atoms with Gasteiger partial charge >= 0.3 is 0 Å². The molecule has 0 bridgehead atoms. The second-order valence-electron chi connectivity index (χ2n) is 4.68. The number of aromatic nitrogens is 3. The molecule has 6 heteroatoms. The molecule has 0 amide bonds. The van der Waals surface area contributed by atoms with Crippen LogP contribution in [0.15, 0.2) is 12.4 Å². The molecule has 0 saturated heterocycles. The monoisotopic (exact) mass is 279 g/mol. The zero-order chi connectivity index (χ0) is 13.8. The van der Waals surface area contributed by atoms with E-state index in [0.717, 1.165) is 30.5 Å². The molecule has 2 heterocycles. The zero-order valence-electron chi connectivity index (χ0n) is 12.0. The summed E-state index contributed by atoms with van der Waals surface area (Å²) < 4.78 is 2.10. The number of nitrogens with zero attached hydrogens (tertiary/aromatic N) is 4. The number of rotatable bonds is 6. The van der Waals surface area contributed by atoms with E-state index in [2.05, 4.69) is 26.8 Å². The van der Waals surface area contributed by atoms with Gasteiger partial charge < -0.3 is 14.8 Å². The molecular weight excluding hydrogens is 258 g/mol. The second-order valence-corrected chi connectivity index (χ2v) is 5.88. The van der Waals surface area contributed by atoms with E-state index in [1.165, 1.54) is 10.6 Å². The van der Waals surface area contributed by atoms with Crippen LogP contribution in [0.3, 0.4) is 0 Å². The summed E-state index contributed by atoms with van der Waals surface area (Å²) in [4.78, 5) is 12.1. The molecule has 19 heavy (non-hydrogen) atoms. The van der Waals surface area contributed by atoms with E-state index >= 15 is 0 Å². The Labute approximate surface area is 118 Å². The van der Waals surface area contributed by atoms with Crippen molar-refractivity contribution in [2.24, 2.45) is 7.05 Å². The van der Waals surface area contributed by atoms with E-state index in [4.69, 9.17) is 0 Å². The van der Waals surface area contributed by atoms with E-state index in [1.54, 1.807) is 11.3 Å². The van der Waals surface area contributed by atoms with Gasteiger partial charge in [-0.2, -0.15) is 0 Å². The van der Waals surface area contributed by atoms with E-state index in [0.29, 0.717) is 0 Å². The number of anilines is 1. The molecule has 0 spiro atoms. The van der Waals surface area contributed by atoms with Crippen LogP contribution in [0.25, 0.3) is 0 Å². The molecule has 5 nitrogen and oxygen atoms in total. The average molecular weight is 279 g/mol. The molecule has 0 aliphatic carbocycles. The van der Waals surface area contributed by atoms with E-state index < -0.39 is 0 Å². The minimum absolute atomic E-state index is 0.804. The minimum Gasteiger partial charge on any atom is -0.348 e. The molecule has 1 N–H and O–H groups in total. The van der Waals surface area contributed by atoms with Crippen LogP contribution in [0.1, 0.15) is 22.5 Å². The largest absolute Gasteiger partial charge is 0.348 e. The topological polar surface area (TPSA) is 46.0 Å². The highest BCUT2D eigenvalue weighted by atomic mass is 32.1. The maximum Gasteiger partial charge on any atom is 0.204 e. The Kier molecular flexibility index (Phi) is 4.55. The highest BCUT2D eigenvalue weighted by Crippen LogP contribution is 2.14. The fraction of sp³-hybridized carbons (Fsp3) is 0.538. The predicted octanol–water partition coefficient (Wildman–Crippen LogP) is 1.79. The van der Waals surface area contributed by atoms with Crippen molar-refractivity contribution in [2.45, 2.75) is 26.4 Å². The van der Waals surface area contributed by atoms with Crippen LogP contribution in [0.4, 0.5) is 5.95 Å². The molecule has 0 unspecified atom stereocenters. The Balaban J connectivity index is 1.89. The van der Waals surface area contributed by atoms with Crippen molar-refractivity contribution in [3.63, 3.8) is 0 Å². The van der Waals surface area contributed by atoms with Gasteiger partial charge in [0.25, 0.3) is 0 Å². The SMILES string of the molecule is CCc1cnc(CNCc2cnc(N(C)C)n2C)s1. The van der Waals surface area contributed by atoms with Gasteiger partial charge in [0.15, 0.2) is 0 Å². The third kappa shape index (κ3) is 3.33. The van der Waals surface area contributed by atoms with Gasteiger partial charge in [-0.15, -0.1) is 11.3 Å². The van der Waals surface area contributed by atoms with Crippen LogP contribution in [0, 0.1) is 0 Å². The van der Waals surface area contributed by atoms with Gasteiger partial charge in [0.2, 0.25) is 5.95 Å². The predicted molar refractivity (Wildman–Crippen MR) is 79.6 cm³/mol. The molecule has 0 aliphatic rings. The first-order valence-electron chi connectivity index (χ1n) is 6.44. The van der Waals surface area contributed by atoms with E-state index in [1.807, 2.05) is 38.4 Å². The van der Waals surface area contributed by atoms with Crippen molar-refractivity contribution in [3.8, 4) is 0 Å². The van der Waals surface area contributed by atoms with Crippen molar-refractivity contribution in [2.75, 3.05) is 19.0 Å². The smallest absolute Gasteiger partial charge is 0.204 e. The maximum atomic E-state index is 4.40. The third-order valence-electron chi connectivity index (χ3n) is 2.99. The van der Waals surface area contributed by atoms with Crippen molar-refractivity contribution >= 4 is 17.3 Å². The maximum absolute atomic E-state index is 4.40. The Hall–Kier alpha value is -1.40. The van der Waals surface area contributed by atoms with Crippen molar-refractivity contribution in [1.29, 1.82) is 0 Å². The molecule has 0 saturated carbocycles. The molecule has 2 rings (SSSR count). The van der Waals surface area contributed by atoms with E-state index in [9.17, 15) is 0 Å². The van der Waals surface area contributed by atoms with Gasteiger partial charge in [-0.25, -0.2) is 9.97 Å². The van der Waals surface area contributed by atoms with Gasteiger partial charge in [0.1, 0.15) is 5.01 Å². The van der Waals surface area contributed by atoms with Gasteiger partial charge in [0, 0.05) is 45.3 Å². The lowest BCUT2D eigenvalue weighted by Gasteiger charge is -2.12. The van der Waals surface area contributed by atoms with Crippen LogP contribution in [-0.4, -0.2) is 28.6 Å². The molecule has 2 aromatic heterocycles. The van der Waals surface area contributed by atoms with Crippen molar-refractivity contribution < 1.29 is 0 Å². The van der Waals surface area contributed by atoms with Crippen LogP contribution in [-0.2, 0) is 26.6 Å². The molecule has 0 atom stereocenters. The summed E-state index contributed by atoms with van der Waals surface area (Å²) in [5.41, 5.74) is 1.18. The Morgan fingerprint density at radius 1 is 1.26 bits per heavy atom. The van der Waals surface area contributed by atoms with Crippen LogP contribution in [0.5, 0.6) is 0 Å². The molecule has 0 radical (unpaired) electrons. The Bertz CT molecular complexity index is 529. The van der Waals surface area contributed by atoms with Gasteiger partial charge in [-0.3, -0.25) is 0 Å². The number of hydrogen-bond acceptors (Lipinski definition) is 5. The first kappa shape index (κ1) is 14.0. The Morgan fingerprint density at radius 2 is 2.05 bits per heavy atom. The molecule has 0 fully saturated rings. The van der Waals surface area contributed by atoms with Crippen LogP contribution < -0.4 is 10.2 Å². The van der Waals surface area contributed by atoms with Crippen LogP contribution >= 0.6 is 11.3 Å². The third-order valence-corrected chi connectivity index (χ3v) is 4.13. The number of aryl methyl sites for hydroxylation is 1. The molecule has 0 aromatic carbocycles. The molecule has 0 aliphatic heterocycles. The highest BCUT2D eigenvalue weighted by Gasteiger charge is 2.07. The summed E-state index contributed by atoms with van der Waals surface area (Å²) >= 11 is 1.78. The number of nitrogens with one attached hydrogen (secondary N) is 1. The highest BCUT2D eigenvalue weighted by molar-refractivity contribution is 7.11. The van der Waals surface area contributed by atoms with Crippen LogP contribution in [0.2, 0.25) is 0 Å². The lowest BCUT2D eigenvalue weighted by atomic mass is 10.4. The second kappa shape index (κ2) is 6.16. The Morgan fingerprint density at radius 3 is 2.63 bits per heavy atom. The molecular formula is C13H21N5S. The zero-order valence-corrected chi connectivity index (χ0v) is 12.8. The standard InChI is InChI=1S/C13H21N5S/c1-5-11-8-15-12(19-11)9-14-6-10-7-16-13(17(2)3)18(10)4/h7-8,14H,5-6,9H2,1-4H3. The van der Waals surface area contributed by atoms with Gasteiger partial charge in [-0.05, 0) is 6.42 Å². The summed E-state index contributed by atoms with van der Waals surface area (Å²) in [6, 6.07) is 0. The molecule has 104 valence electrons. The summed E-state index contributed by atoms with van der Waals surface area (Å²) in [5.74, 6) is 0.972. The lowest BCUT2D eigenvalue weighted by molar-refractivity contribution is 0.652. The van der Waals surface area contributed by atoms with Gasteiger partial charge in [-0.1, -0.05) is 6.92 Å². The number of imidazole rings is 1. The number of hydrogen-bond donors (Lipinski definition) is 1. The summed E-state index contributed by atoms with van der Waals surface area (Å²) in [5, 5.41) is 4.56. The number of thiazole rings is 1. The summed E-state index contributed by atoms with van der Waals surface area (Å²) in [7, 11) is 6.04. The first-order chi connectivity index (χ1) is 9.11. The lowest BCUT2D eigenvalue weighted by Crippen LogP contribution is -2.18. The molecule has 2 aromatic rings. The van der Waals surface area contributed by atoms with Crippen molar-refractivity contribution in [1.82, 2.24) is 19.9 Å².